The fraction of sp³-hybridized carbons (Fsp3) is 0.350. The number of methoxy groups -OCH3 is 1. The zero-order valence-electron chi connectivity index (χ0n) is 17.5. The van der Waals surface area contributed by atoms with Gasteiger partial charge in [0.05, 0.1) is 38.1 Å². The lowest BCUT2D eigenvalue weighted by molar-refractivity contribution is -0.134. The van der Waals surface area contributed by atoms with Crippen LogP contribution in [0.2, 0.25) is 0 Å². The molecule has 1 atom stereocenters. The average Bonchev–Trinajstić information content (AvgIpc) is 3.49. The first-order valence-corrected chi connectivity index (χ1v) is 11.3. The van der Waals surface area contributed by atoms with Crippen LogP contribution < -0.4 is 4.74 Å². The van der Waals surface area contributed by atoms with Crippen molar-refractivity contribution in [1.29, 1.82) is 0 Å². The Morgan fingerprint density at radius 1 is 1.24 bits per heavy atom. The summed E-state index contributed by atoms with van der Waals surface area (Å²) >= 11 is 0. The first kappa shape index (κ1) is 22.9. The Labute approximate surface area is 188 Å². The summed E-state index contributed by atoms with van der Waals surface area (Å²) in [6, 6.07) is 6.90. The molecule has 0 spiro atoms. The SMILES string of the molecule is COc1ccccc1[C@@H](CO)C(=O)N1Cc2cn(S(=O)(=O)c3cnn(CC(F)F)c3)nc2C1. The number of hydrogen-bond acceptors (Lipinski definition) is 7. The van der Waals surface area contributed by atoms with Crippen LogP contribution >= 0.6 is 0 Å². The van der Waals surface area contributed by atoms with E-state index in [0.717, 1.165) is 21.2 Å². The number of alkyl halides is 2. The largest absolute Gasteiger partial charge is 0.496 e. The maximum Gasteiger partial charge on any atom is 0.286 e. The van der Waals surface area contributed by atoms with Gasteiger partial charge in [-0.3, -0.25) is 9.48 Å². The van der Waals surface area contributed by atoms with Gasteiger partial charge in [-0.25, -0.2) is 8.78 Å². The van der Waals surface area contributed by atoms with Crippen LogP contribution in [0.25, 0.3) is 0 Å². The van der Waals surface area contributed by atoms with Crippen molar-refractivity contribution in [2.45, 2.75) is 36.9 Å². The van der Waals surface area contributed by atoms with E-state index < -0.39 is 35.5 Å². The van der Waals surface area contributed by atoms with Gasteiger partial charge in [0, 0.05) is 30.1 Å². The third-order valence-corrected chi connectivity index (χ3v) is 6.83. The molecule has 1 N–H and O–H groups in total. The summed E-state index contributed by atoms with van der Waals surface area (Å²) in [5, 5.41) is 17.6. The van der Waals surface area contributed by atoms with Gasteiger partial charge in [-0.2, -0.15) is 22.7 Å². The van der Waals surface area contributed by atoms with Gasteiger partial charge < -0.3 is 14.7 Å². The molecule has 0 saturated heterocycles. The topological polar surface area (TPSA) is 120 Å². The number of carbonyl (C=O) groups is 1. The number of para-hydroxylation sites is 1. The number of nitrogens with zero attached hydrogens (tertiary/aromatic N) is 5. The summed E-state index contributed by atoms with van der Waals surface area (Å²) in [7, 11) is -2.65. The lowest BCUT2D eigenvalue weighted by atomic mass is 9.97. The molecule has 0 aliphatic carbocycles. The molecule has 4 rings (SSSR count). The molecule has 13 heteroatoms. The Hall–Kier alpha value is -3.32. The predicted molar refractivity (Wildman–Crippen MR) is 110 cm³/mol. The average molecular weight is 481 g/mol. The quantitative estimate of drug-likeness (QED) is 0.514. The normalized spacial score (nSPS) is 14.5. The summed E-state index contributed by atoms with van der Waals surface area (Å²) in [6.07, 6.45) is 0.623. The first-order valence-electron chi connectivity index (χ1n) is 9.90. The number of rotatable bonds is 8. The van der Waals surface area contributed by atoms with Crippen LogP contribution in [0.3, 0.4) is 0 Å². The van der Waals surface area contributed by atoms with E-state index in [2.05, 4.69) is 10.2 Å². The molecule has 1 aromatic carbocycles. The summed E-state index contributed by atoms with van der Waals surface area (Å²) < 4.78 is 57.5. The molecule has 0 radical (unpaired) electrons. The zero-order valence-corrected chi connectivity index (χ0v) is 18.3. The molecular formula is C20H21F2N5O5S. The lowest BCUT2D eigenvalue weighted by Crippen LogP contribution is -2.33. The zero-order chi connectivity index (χ0) is 23.8. The molecule has 0 saturated carbocycles. The second-order valence-corrected chi connectivity index (χ2v) is 9.23. The fourth-order valence-corrected chi connectivity index (χ4v) is 4.84. The number of halogens is 2. The van der Waals surface area contributed by atoms with Gasteiger partial charge in [-0.1, -0.05) is 18.2 Å². The summed E-state index contributed by atoms with van der Waals surface area (Å²) in [6.45, 7) is -0.974. The van der Waals surface area contributed by atoms with E-state index in [1.54, 1.807) is 24.3 Å². The highest BCUT2D eigenvalue weighted by Crippen LogP contribution is 2.31. The maximum atomic E-state index is 13.1. The molecule has 1 aliphatic rings. The van der Waals surface area contributed by atoms with E-state index in [1.165, 1.54) is 18.2 Å². The Balaban J connectivity index is 1.52. The second-order valence-electron chi connectivity index (χ2n) is 7.44. The molecule has 3 heterocycles. The Bertz CT molecular complexity index is 1250. The number of benzene rings is 1. The van der Waals surface area contributed by atoms with E-state index in [-0.39, 0.29) is 23.9 Å². The van der Waals surface area contributed by atoms with Crippen molar-refractivity contribution in [2.24, 2.45) is 0 Å². The van der Waals surface area contributed by atoms with Gasteiger partial charge in [0.25, 0.3) is 16.4 Å². The molecule has 33 heavy (non-hydrogen) atoms. The van der Waals surface area contributed by atoms with E-state index >= 15 is 0 Å². The highest BCUT2D eigenvalue weighted by Gasteiger charge is 2.34. The third-order valence-electron chi connectivity index (χ3n) is 5.34. The van der Waals surface area contributed by atoms with Gasteiger partial charge >= 0.3 is 0 Å². The van der Waals surface area contributed by atoms with Gasteiger partial charge in [0.1, 0.15) is 17.2 Å². The van der Waals surface area contributed by atoms with Gasteiger partial charge in [0.15, 0.2) is 0 Å². The molecule has 10 nitrogen and oxygen atoms in total. The molecule has 0 bridgehead atoms. The van der Waals surface area contributed by atoms with Crippen molar-refractivity contribution in [3.05, 3.63) is 59.7 Å². The number of carbonyl (C=O) groups excluding carboxylic acids is 1. The van der Waals surface area contributed by atoms with Crippen LogP contribution in [0.1, 0.15) is 22.7 Å². The summed E-state index contributed by atoms with van der Waals surface area (Å²) in [4.78, 5) is 14.3. The molecule has 1 aliphatic heterocycles. The van der Waals surface area contributed by atoms with E-state index in [1.807, 2.05) is 0 Å². The maximum absolute atomic E-state index is 13.1. The monoisotopic (exact) mass is 481 g/mol. The number of aliphatic hydroxyl groups excluding tert-OH is 1. The Morgan fingerprint density at radius 2 is 2.00 bits per heavy atom. The predicted octanol–water partition coefficient (Wildman–Crippen LogP) is 1.21. The molecule has 0 fully saturated rings. The lowest BCUT2D eigenvalue weighted by Gasteiger charge is -2.23. The first-order chi connectivity index (χ1) is 15.7. The molecule has 1 amide bonds. The van der Waals surface area contributed by atoms with Crippen LogP contribution in [0.4, 0.5) is 8.78 Å². The van der Waals surface area contributed by atoms with Crippen LogP contribution in [-0.2, 0) is 34.5 Å². The number of amides is 1. The van der Waals surface area contributed by atoms with E-state index in [0.29, 0.717) is 22.6 Å². The van der Waals surface area contributed by atoms with Gasteiger partial charge in [0.2, 0.25) is 5.91 Å². The van der Waals surface area contributed by atoms with Crippen molar-refractivity contribution in [1.82, 2.24) is 23.9 Å². The van der Waals surface area contributed by atoms with Crippen molar-refractivity contribution >= 4 is 15.9 Å². The molecule has 176 valence electrons. The molecule has 2 aromatic heterocycles. The summed E-state index contributed by atoms with van der Waals surface area (Å²) in [5.41, 5.74) is 1.47. The number of fused-ring (bicyclic) bond motifs is 1. The van der Waals surface area contributed by atoms with Crippen LogP contribution in [-0.4, -0.2) is 63.4 Å². The van der Waals surface area contributed by atoms with E-state index in [9.17, 15) is 27.1 Å². The molecule has 0 unspecified atom stereocenters. The smallest absolute Gasteiger partial charge is 0.286 e. The number of ether oxygens (including phenoxy) is 1. The molecular weight excluding hydrogens is 460 g/mol. The highest BCUT2D eigenvalue weighted by molar-refractivity contribution is 7.89. The minimum Gasteiger partial charge on any atom is -0.496 e. The Morgan fingerprint density at radius 3 is 2.67 bits per heavy atom. The number of hydrogen-bond donors (Lipinski definition) is 1. The van der Waals surface area contributed by atoms with Crippen molar-refractivity contribution in [3.8, 4) is 5.75 Å². The van der Waals surface area contributed by atoms with Crippen molar-refractivity contribution in [3.63, 3.8) is 0 Å². The Kier molecular flexibility index (Phi) is 6.17. The van der Waals surface area contributed by atoms with E-state index in [4.69, 9.17) is 4.74 Å². The second kappa shape index (κ2) is 8.90. The highest BCUT2D eigenvalue weighted by atomic mass is 32.2. The van der Waals surface area contributed by atoms with Crippen LogP contribution in [0, 0.1) is 0 Å². The van der Waals surface area contributed by atoms with Crippen LogP contribution in [0.15, 0.2) is 47.8 Å². The number of aliphatic hydroxyl groups is 1. The number of aromatic nitrogens is 4. The standard InChI is InChI=1S/C20H21F2N5O5S/c1-32-18-5-3-2-4-15(18)16(12-28)20(29)25-7-13-8-27(24-17(13)10-25)33(30,31)14-6-23-26(9-14)11-19(21)22/h2-6,8-9,16,19,28H,7,10-12H2,1H3/t16-/m1/s1. The van der Waals surface area contributed by atoms with Crippen molar-refractivity contribution in [2.75, 3.05) is 13.7 Å². The minimum atomic E-state index is -4.13. The van der Waals surface area contributed by atoms with Crippen LogP contribution in [0.5, 0.6) is 5.75 Å². The molecule has 3 aromatic rings. The van der Waals surface area contributed by atoms with Gasteiger partial charge in [-0.15, -0.1) is 0 Å². The third kappa shape index (κ3) is 4.33. The fourth-order valence-electron chi connectivity index (χ4n) is 3.72. The van der Waals surface area contributed by atoms with Crippen molar-refractivity contribution < 1.29 is 31.8 Å². The van der Waals surface area contributed by atoms with Gasteiger partial charge in [-0.05, 0) is 6.07 Å². The minimum absolute atomic E-state index is 0.0625. The summed E-state index contributed by atoms with van der Waals surface area (Å²) in [5.74, 6) is -0.713.